The average molecular weight is 1040 g/mol. The van der Waals surface area contributed by atoms with Gasteiger partial charge in [0.25, 0.3) is 11.8 Å². The Balaban J connectivity index is 0.672. The summed E-state index contributed by atoms with van der Waals surface area (Å²) in [6, 6.07) is 11.9. The molecule has 6 aliphatic heterocycles. The first kappa shape index (κ1) is 50.3. The van der Waals surface area contributed by atoms with Gasteiger partial charge < -0.3 is 30.3 Å². The van der Waals surface area contributed by atoms with Gasteiger partial charge in [0.1, 0.15) is 42.1 Å². The lowest BCUT2D eigenvalue weighted by Gasteiger charge is -2.35. The lowest BCUT2D eigenvalue weighted by atomic mass is 9.94. The van der Waals surface area contributed by atoms with Crippen LogP contribution < -0.4 is 30.9 Å². The second-order valence-corrected chi connectivity index (χ2v) is 20.7. The summed E-state index contributed by atoms with van der Waals surface area (Å²) in [5.41, 5.74) is 1.46. The van der Waals surface area contributed by atoms with Gasteiger partial charge in [0, 0.05) is 80.0 Å². The normalized spacial score (nSPS) is 23.0. The second kappa shape index (κ2) is 20.7. The number of carbonyl (C=O) groups excluding carboxylic acids is 6. The number of terminal acetylenes is 1. The molecule has 392 valence electrons. The molecule has 5 fully saturated rings. The Hall–Kier alpha value is -7.89. The molecular weight excluding hydrogens is 979 g/mol. The molecule has 3 aromatic carbocycles. The van der Waals surface area contributed by atoms with E-state index in [9.17, 15) is 28.8 Å². The van der Waals surface area contributed by atoms with Crippen molar-refractivity contribution in [2.24, 2.45) is 0 Å². The number of hydrogen-bond acceptors (Lipinski definition) is 14. The van der Waals surface area contributed by atoms with Gasteiger partial charge in [-0.15, -0.1) is 6.42 Å². The SMILES string of the molecule is C#Cc1c(F)ccc2cccc(-c3ncc4c(N5CC6CCC(C5)N6)nc(OCC56CCC(COC(=O)NCCCCCCC(=O)Nc7ccc8c(c7)C(=O)N(C7CCC(=O)NC7=O)C8=O)N5CC(=C)C6)nc4c3F)c12. The summed E-state index contributed by atoms with van der Waals surface area (Å²) in [7, 11) is 0. The minimum atomic E-state index is -1.08. The number of imide groups is 2. The van der Waals surface area contributed by atoms with Gasteiger partial charge in [-0.1, -0.05) is 55.2 Å². The summed E-state index contributed by atoms with van der Waals surface area (Å²) in [6.45, 7) is 6.98. The number of rotatable bonds is 16. The quantitative estimate of drug-likeness (QED) is 0.0369. The van der Waals surface area contributed by atoms with Crippen LogP contribution in [0.3, 0.4) is 0 Å². The van der Waals surface area contributed by atoms with Crippen LogP contribution in [0, 0.1) is 24.0 Å². The summed E-state index contributed by atoms with van der Waals surface area (Å²) < 4.78 is 44.5. The summed E-state index contributed by atoms with van der Waals surface area (Å²) in [5, 5.41) is 12.9. The van der Waals surface area contributed by atoms with Crippen molar-refractivity contribution < 1.29 is 47.0 Å². The van der Waals surface area contributed by atoms with Gasteiger partial charge in [0.05, 0.1) is 27.6 Å². The third kappa shape index (κ3) is 9.57. The molecule has 5 atom stereocenters. The van der Waals surface area contributed by atoms with Crippen LogP contribution in [0.15, 0.2) is 66.9 Å². The molecule has 0 spiro atoms. The van der Waals surface area contributed by atoms with Crippen molar-refractivity contribution in [3.05, 3.63) is 95.2 Å². The molecule has 0 saturated carbocycles. The summed E-state index contributed by atoms with van der Waals surface area (Å²) >= 11 is 0. The predicted octanol–water partition coefficient (Wildman–Crippen LogP) is 6.30. The van der Waals surface area contributed by atoms with Crippen LogP contribution in [0.2, 0.25) is 0 Å². The molecule has 6 aliphatic rings. The third-order valence-corrected chi connectivity index (χ3v) is 15.7. The molecule has 8 heterocycles. The molecule has 0 aliphatic carbocycles. The van der Waals surface area contributed by atoms with E-state index in [1.807, 2.05) is 0 Å². The second-order valence-electron chi connectivity index (χ2n) is 20.7. The minimum absolute atomic E-state index is 0.0166. The zero-order valence-electron chi connectivity index (χ0n) is 41.7. The van der Waals surface area contributed by atoms with Crippen LogP contribution in [-0.2, 0) is 19.1 Å². The van der Waals surface area contributed by atoms with E-state index in [1.165, 1.54) is 24.3 Å². The number of benzene rings is 3. The first-order chi connectivity index (χ1) is 36.8. The van der Waals surface area contributed by atoms with Crippen LogP contribution in [0.4, 0.5) is 25.1 Å². The lowest BCUT2D eigenvalue weighted by Crippen LogP contribution is -2.54. The molecule has 20 heteroatoms. The molecule has 5 unspecified atom stereocenters. The zero-order chi connectivity index (χ0) is 52.8. The Morgan fingerprint density at radius 2 is 1.74 bits per heavy atom. The molecule has 0 radical (unpaired) electrons. The van der Waals surface area contributed by atoms with Crippen molar-refractivity contribution in [3.8, 4) is 29.6 Å². The van der Waals surface area contributed by atoms with Crippen LogP contribution in [0.25, 0.3) is 32.9 Å². The Kier molecular flexibility index (Phi) is 13.7. The van der Waals surface area contributed by atoms with E-state index in [-0.39, 0.29) is 90.4 Å². The number of aromatic nitrogens is 3. The molecule has 5 saturated heterocycles. The maximum absolute atomic E-state index is 17.2. The number of piperazine rings is 1. The largest absolute Gasteiger partial charge is 0.461 e. The average Bonchev–Trinajstić information content (AvgIpc) is 4.13. The molecular formula is C56H56F2N10O8. The number of amides is 6. The van der Waals surface area contributed by atoms with Gasteiger partial charge >= 0.3 is 12.1 Å². The van der Waals surface area contributed by atoms with Gasteiger partial charge in [-0.3, -0.25) is 44.1 Å². The van der Waals surface area contributed by atoms with E-state index >= 15 is 8.78 Å². The minimum Gasteiger partial charge on any atom is -0.461 e. The highest BCUT2D eigenvalue weighted by Crippen LogP contribution is 2.45. The molecule has 2 bridgehead atoms. The van der Waals surface area contributed by atoms with Crippen molar-refractivity contribution in [1.82, 2.24) is 40.7 Å². The highest BCUT2D eigenvalue weighted by Gasteiger charge is 2.52. The van der Waals surface area contributed by atoms with Gasteiger partial charge in [-0.2, -0.15) is 9.97 Å². The number of carbonyl (C=O) groups is 6. The van der Waals surface area contributed by atoms with Crippen molar-refractivity contribution in [2.45, 2.75) is 107 Å². The number of pyridine rings is 1. The molecule has 4 N–H and O–H groups in total. The molecule has 76 heavy (non-hydrogen) atoms. The highest BCUT2D eigenvalue weighted by atomic mass is 19.1. The van der Waals surface area contributed by atoms with Crippen LogP contribution in [0.1, 0.15) is 103 Å². The Bertz CT molecular complexity index is 3300. The number of anilines is 2. The van der Waals surface area contributed by atoms with Crippen molar-refractivity contribution in [3.63, 3.8) is 0 Å². The van der Waals surface area contributed by atoms with E-state index in [4.69, 9.17) is 25.9 Å². The smallest absolute Gasteiger partial charge is 0.407 e. The first-order valence-electron chi connectivity index (χ1n) is 25.9. The Morgan fingerprint density at radius 3 is 2.54 bits per heavy atom. The lowest BCUT2D eigenvalue weighted by molar-refractivity contribution is -0.136. The van der Waals surface area contributed by atoms with E-state index < -0.39 is 52.9 Å². The van der Waals surface area contributed by atoms with Crippen molar-refractivity contribution >= 4 is 68.8 Å². The van der Waals surface area contributed by atoms with E-state index in [0.29, 0.717) is 78.7 Å². The zero-order valence-corrected chi connectivity index (χ0v) is 41.7. The number of hydrogen-bond donors (Lipinski definition) is 4. The number of alkyl carbamates (subject to hydrolysis) is 1. The number of piperidine rings is 1. The van der Waals surface area contributed by atoms with Crippen LogP contribution >= 0.6 is 0 Å². The molecule has 6 amide bonds. The monoisotopic (exact) mass is 1030 g/mol. The Morgan fingerprint density at radius 1 is 0.934 bits per heavy atom. The van der Waals surface area contributed by atoms with E-state index in [1.54, 1.807) is 30.5 Å². The number of ether oxygens (including phenoxy) is 2. The number of fused-ring (bicyclic) bond motifs is 6. The topological polar surface area (TPSA) is 217 Å². The molecule has 11 rings (SSSR count). The Labute approximate surface area is 436 Å². The fourth-order valence-corrected chi connectivity index (χ4v) is 12.1. The van der Waals surface area contributed by atoms with Crippen LogP contribution in [-0.4, -0.2) is 129 Å². The number of nitrogens with zero attached hydrogens (tertiary/aromatic N) is 6. The first-order valence-corrected chi connectivity index (χ1v) is 25.9. The molecule has 5 aromatic rings. The van der Waals surface area contributed by atoms with Crippen LogP contribution in [0.5, 0.6) is 6.01 Å². The van der Waals surface area contributed by atoms with Gasteiger partial charge in [-0.25, -0.2) is 13.6 Å². The van der Waals surface area contributed by atoms with Gasteiger partial charge in [-0.05, 0) is 81.0 Å². The van der Waals surface area contributed by atoms with Gasteiger partial charge in [0.2, 0.25) is 17.7 Å². The number of halogens is 2. The number of unbranched alkanes of at least 4 members (excludes halogenated alkanes) is 3. The fraction of sp³-hybridized carbons (Fsp3) is 0.411. The van der Waals surface area contributed by atoms with E-state index in [0.717, 1.165) is 49.0 Å². The summed E-state index contributed by atoms with van der Waals surface area (Å²) in [6.07, 6.45) is 14.0. The molecule has 18 nitrogen and oxygen atoms in total. The molecule has 2 aromatic heterocycles. The maximum atomic E-state index is 17.2. The fourth-order valence-electron chi connectivity index (χ4n) is 12.1. The summed E-state index contributed by atoms with van der Waals surface area (Å²) in [4.78, 5) is 95.4. The van der Waals surface area contributed by atoms with Crippen molar-refractivity contribution in [2.75, 3.05) is 49.6 Å². The predicted molar refractivity (Wildman–Crippen MR) is 276 cm³/mol. The standard InChI is InChI=1S/C56H56F2N10O8/c1-3-37-42(57)17-12-32-9-8-10-39(46(32)37)48-47(58)49-41(25-60-48)50(66-27-34-13-14-35(28-66)61-34)65-54(64-49)76-30-56-21-20-36(67(56)26-31(2)24-56)29-75-55(74)59-22-7-5-4-6-11-44(69)62-33-15-16-38-40(23-33)53(73)68(52(38)72)43-18-19-45(70)63-51(43)71/h1,8-10,12,15-17,23,25,34-36,43,61H,2,4-7,11,13-14,18-22,24,26-30H2,(H,59,74)(H,62,69)(H,63,70,71). The summed E-state index contributed by atoms with van der Waals surface area (Å²) in [5.74, 6) is -1.01. The highest BCUT2D eigenvalue weighted by molar-refractivity contribution is 6.24. The third-order valence-electron chi connectivity index (χ3n) is 15.7. The van der Waals surface area contributed by atoms with E-state index in [2.05, 4.69) is 48.6 Å². The maximum Gasteiger partial charge on any atom is 0.407 e. The number of nitrogens with one attached hydrogen (secondary N) is 4. The van der Waals surface area contributed by atoms with Crippen molar-refractivity contribution in [1.29, 1.82) is 0 Å². The van der Waals surface area contributed by atoms with Gasteiger partial charge in [0.15, 0.2) is 5.82 Å².